The Bertz CT molecular complexity index is 634. The maximum Gasteiger partial charge on any atom is 0.129 e. The first-order chi connectivity index (χ1) is 7.83. The number of aromatic amines is 1. The van der Waals surface area contributed by atoms with Crippen molar-refractivity contribution >= 4 is 22.6 Å². The molecule has 0 amide bonds. The molecule has 3 aromatic heterocycles. The van der Waals surface area contributed by atoms with Gasteiger partial charge in [0, 0.05) is 23.5 Å². The van der Waals surface area contributed by atoms with Crippen molar-refractivity contribution in [2.75, 3.05) is 0 Å². The van der Waals surface area contributed by atoms with Gasteiger partial charge < -0.3 is 0 Å². The van der Waals surface area contributed by atoms with Gasteiger partial charge in [0.05, 0.1) is 17.2 Å². The lowest BCUT2D eigenvalue weighted by molar-refractivity contribution is 1.09. The minimum absolute atomic E-state index is 0.471. The van der Waals surface area contributed by atoms with Gasteiger partial charge in [0.15, 0.2) is 0 Å². The molecule has 3 rings (SSSR count). The fourth-order valence-electron chi connectivity index (χ4n) is 1.55. The molecule has 3 heterocycles. The lowest BCUT2D eigenvalue weighted by Gasteiger charge is -2.00. The Hall–Kier alpha value is -1.94. The molecule has 0 radical (unpaired) electrons. The number of fused-ring (bicyclic) bond motifs is 1. The van der Waals surface area contributed by atoms with Crippen molar-refractivity contribution in [1.82, 2.24) is 20.2 Å². The molecule has 0 aromatic carbocycles. The van der Waals surface area contributed by atoms with Crippen LogP contribution in [0.25, 0.3) is 22.2 Å². The Morgan fingerprint density at radius 3 is 2.81 bits per heavy atom. The van der Waals surface area contributed by atoms with E-state index in [1.165, 1.54) is 0 Å². The highest BCUT2D eigenvalue weighted by Gasteiger charge is 2.03. The van der Waals surface area contributed by atoms with E-state index in [1.54, 1.807) is 18.5 Å². The highest BCUT2D eigenvalue weighted by Crippen LogP contribution is 2.21. The molecular weight excluding hydrogens is 224 g/mol. The second kappa shape index (κ2) is 3.57. The average Bonchev–Trinajstić information content (AvgIpc) is 2.81. The maximum atomic E-state index is 5.84. The smallest absolute Gasteiger partial charge is 0.129 e. The zero-order chi connectivity index (χ0) is 11.0. The van der Waals surface area contributed by atoms with Crippen LogP contribution in [-0.2, 0) is 0 Å². The first-order valence-electron chi connectivity index (χ1n) is 4.74. The normalized spacial score (nSPS) is 10.8. The van der Waals surface area contributed by atoms with Gasteiger partial charge in [0.25, 0.3) is 0 Å². The van der Waals surface area contributed by atoms with Crippen molar-refractivity contribution < 1.29 is 0 Å². The molecular formula is C11H7ClN4. The fourth-order valence-corrected chi connectivity index (χ4v) is 1.70. The molecule has 0 unspecified atom stereocenters. The van der Waals surface area contributed by atoms with E-state index in [1.807, 2.05) is 18.3 Å². The van der Waals surface area contributed by atoms with Crippen LogP contribution in [0.3, 0.4) is 0 Å². The van der Waals surface area contributed by atoms with Crippen molar-refractivity contribution in [1.29, 1.82) is 0 Å². The molecule has 0 aliphatic heterocycles. The second-order valence-corrected chi connectivity index (χ2v) is 3.77. The molecule has 0 aliphatic rings. The Morgan fingerprint density at radius 2 is 2.00 bits per heavy atom. The highest BCUT2D eigenvalue weighted by molar-refractivity contribution is 6.29. The number of H-pyrrole nitrogens is 1. The molecule has 0 bridgehead atoms. The molecule has 0 fully saturated rings. The van der Waals surface area contributed by atoms with Crippen LogP contribution in [0.1, 0.15) is 0 Å². The Kier molecular flexibility index (Phi) is 2.08. The van der Waals surface area contributed by atoms with E-state index < -0.39 is 0 Å². The molecule has 16 heavy (non-hydrogen) atoms. The van der Waals surface area contributed by atoms with Gasteiger partial charge in [0.1, 0.15) is 5.15 Å². The van der Waals surface area contributed by atoms with Crippen molar-refractivity contribution in [3.05, 3.63) is 41.9 Å². The number of rotatable bonds is 1. The maximum absolute atomic E-state index is 5.84. The van der Waals surface area contributed by atoms with Crippen LogP contribution in [0.5, 0.6) is 0 Å². The van der Waals surface area contributed by atoms with Gasteiger partial charge in [-0.3, -0.25) is 10.1 Å². The summed E-state index contributed by atoms with van der Waals surface area (Å²) >= 11 is 5.84. The van der Waals surface area contributed by atoms with Crippen molar-refractivity contribution in [2.24, 2.45) is 0 Å². The molecule has 0 aliphatic carbocycles. The molecule has 1 N–H and O–H groups in total. The molecule has 3 aromatic rings. The third kappa shape index (κ3) is 1.53. The van der Waals surface area contributed by atoms with Crippen molar-refractivity contribution in [2.45, 2.75) is 0 Å². The van der Waals surface area contributed by atoms with E-state index in [0.717, 1.165) is 22.2 Å². The number of nitrogens with one attached hydrogen (secondary N) is 1. The Balaban J connectivity index is 2.22. The third-order valence-corrected chi connectivity index (χ3v) is 2.55. The average molecular weight is 231 g/mol. The van der Waals surface area contributed by atoms with Crippen LogP contribution in [0.2, 0.25) is 5.15 Å². The summed E-state index contributed by atoms with van der Waals surface area (Å²) in [5, 5.41) is 7.13. The van der Waals surface area contributed by atoms with Gasteiger partial charge in [0.2, 0.25) is 0 Å². The molecule has 0 atom stereocenters. The summed E-state index contributed by atoms with van der Waals surface area (Å²) in [6.45, 7) is 0. The predicted molar refractivity (Wildman–Crippen MR) is 62.1 cm³/mol. The number of halogens is 1. The van der Waals surface area contributed by atoms with E-state index in [-0.39, 0.29) is 0 Å². The van der Waals surface area contributed by atoms with E-state index in [9.17, 15) is 0 Å². The van der Waals surface area contributed by atoms with Gasteiger partial charge >= 0.3 is 0 Å². The highest BCUT2D eigenvalue weighted by atomic mass is 35.5. The number of aromatic nitrogens is 4. The topological polar surface area (TPSA) is 54.5 Å². The molecule has 5 heteroatoms. The summed E-state index contributed by atoms with van der Waals surface area (Å²) in [6, 6.07) is 5.53. The quantitative estimate of drug-likeness (QED) is 0.654. The lowest BCUT2D eigenvalue weighted by Crippen LogP contribution is -1.85. The van der Waals surface area contributed by atoms with Crippen LogP contribution in [0, 0.1) is 0 Å². The fraction of sp³-hybridized carbons (Fsp3) is 0. The van der Waals surface area contributed by atoms with Crippen LogP contribution >= 0.6 is 11.6 Å². The summed E-state index contributed by atoms with van der Waals surface area (Å²) in [5.74, 6) is 0. The number of nitrogens with zero attached hydrogens (tertiary/aromatic N) is 3. The summed E-state index contributed by atoms with van der Waals surface area (Å²) in [4.78, 5) is 8.53. The number of pyridine rings is 2. The van der Waals surface area contributed by atoms with E-state index in [4.69, 9.17) is 11.6 Å². The predicted octanol–water partition coefficient (Wildman–Crippen LogP) is 2.67. The molecule has 78 valence electrons. The Labute approximate surface area is 96.3 Å². The summed E-state index contributed by atoms with van der Waals surface area (Å²) < 4.78 is 0. The molecule has 0 saturated carbocycles. The van der Waals surface area contributed by atoms with Crippen LogP contribution in [0.4, 0.5) is 0 Å². The zero-order valence-electron chi connectivity index (χ0n) is 8.18. The SMILES string of the molecule is Clc1ccc2ncc(-c3cn[nH]c3)cc2n1. The van der Waals surface area contributed by atoms with E-state index >= 15 is 0 Å². The lowest BCUT2D eigenvalue weighted by atomic mass is 10.1. The first-order valence-corrected chi connectivity index (χ1v) is 5.12. The van der Waals surface area contributed by atoms with Gasteiger partial charge in [-0.1, -0.05) is 11.6 Å². The van der Waals surface area contributed by atoms with E-state index in [0.29, 0.717) is 5.15 Å². The summed E-state index contributed by atoms with van der Waals surface area (Å²) in [5.41, 5.74) is 3.56. The molecule has 0 spiro atoms. The second-order valence-electron chi connectivity index (χ2n) is 3.38. The van der Waals surface area contributed by atoms with Crippen molar-refractivity contribution in [3.63, 3.8) is 0 Å². The number of hydrogen-bond acceptors (Lipinski definition) is 3. The molecule has 4 nitrogen and oxygen atoms in total. The Morgan fingerprint density at radius 1 is 1.06 bits per heavy atom. The monoisotopic (exact) mass is 230 g/mol. The van der Waals surface area contributed by atoms with Crippen molar-refractivity contribution in [3.8, 4) is 11.1 Å². The van der Waals surface area contributed by atoms with Crippen LogP contribution in [-0.4, -0.2) is 20.2 Å². The molecule has 0 saturated heterocycles. The third-order valence-electron chi connectivity index (χ3n) is 2.33. The standard InChI is InChI=1S/C11H7ClN4/c12-11-2-1-9-10(16-11)3-7(4-13-9)8-5-14-15-6-8/h1-6H,(H,14,15). The first kappa shape index (κ1) is 9.30. The van der Waals surface area contributed by atoms with E-state index in [2.05, 4.69) is 20.2 Å². The van der Waals surface area contributed by atoms with Crippen LogP contribution in [0.15, 0.2) is 36.8 Å². The van der Waals surface area contributed by atoms with Crippen LogP contribution < -0.4 is 0 Å². The zero-order valence-corrected chi connectivity index (χ0v) is 8.94. The largest absolute Gasteiger partial charge is 0.285 e. The minimum atomic E-state index is 0.471. The van der Waals surface area contributed by atoms with Gasteiger partial charge in [-0.15, -0.1) is 0 Å². The summed E-state index contributed by atoms with van der Waals surface area (Å²) in [7, 11) is 0. The summed E-state index contributed by atoms with van der Waals surface area (Å²) in [6.07, 6.45) is 5.35. The van der Waals surface area contributed by atoms with Gasteiger partial charge in [-0.25, -0.2) is 4.98 Å². The number of hydrogen-bond donors (Lipinski definition) is 1. The minimum Gasteiger partial charge on any atom is -0.285 e. The van der Waals surface area contributed by atoms with Gasteiger partial charge in [-0.2, -0.15) is 5.10 Å². The van der Waals surface area contributed by atoms with Gasteiger partial charge in [-0.05, 0) is 18.2 Å².